The second-order valence-electron chi connectivity index (χ2n) is 4.07. The van der Waals surface area contributed by atoms with Crippen LogP contribution in [-0.4, -0.2) is 6.21 Å². The van der Waals surface area contributed by atoms with Crippen LogP contribution in [0.25, 0.3) is 0 Å². The summed E-state index contributed by atoms with van der Waals surface area (Å²) in [4.78, 5) is 4.19. The van der Waals surface area contributed by atoms with E-state index in [0.29, 0.717) is 22.8 Å². The van der Waals surface area contributed by atoms with Gasteiger partial charge in [-0.05, 0) is 31.5 Å². The Kier molecular flexibility index (Phi) is 3.45. The molecule has 0 amide bonds. The van der Waals surface area contributed by atoms with Crippen molar-refractivity contribution in [3.63, 3.8) is 0 Å². The topological polar surface area (TPSA) is 73.1 Å². The van der Waals surface area contributed by atoms with Crippen LogP contribution in [0.4, 0.5) is 5.88 Å². The molecule has 1 aromatic carbocycles. The second kappa shape index (κ2) is 5.20. The van der Waals surface area contributed by atoms with E-state index in [9.17, 15) is 0 Å². The molecule has 0 spiro atoms. The van der Waals surface area contributed by atoms with Gasteiger partial charge in [-0.25, -0.2) is 4.99 Å². The minimum absolute atomic E-state index is 0.321. The summed E-state index contributed by atoms with van der Waals surface area (Å²) < 4.78 is 5.43. The lowest BCUT2D eigenvalue weighted by Gasteiger charge is -1.92. The van der Waals surface area contributed by atoms with Crippen molar-refractivity contribution in [2.45, 2.75) is 13.8 Å². The van der Waals surface area contributed by atoms with Crippen LogP contribution in [0.15, 0.2) is 33.7 Å². The number of hydrogen-bond donors (Lipinski definition) is 0. The fourth-order valence-electron chi connectivity index (χ4n) is 1.61. The summed E-state index contributed by atoms with van der Waals surface area (Å²) in [5.74, 6) is 1.02. The molecular weight excluding hydrogens is 238 g/mol. The van der Waals surface area contributed by atoms with Gasteiger partial charge in [0.1, 0.15) is 17.4 Å². The largest absolute Gasteiger partial charge is 0.442 e. The predicted molar refractivity (Wildman–Crippen MR) is 71.3 cm³/mol. The zero-order chi connectivity index (χ0) is 13.8. The summed E-state index contributed by atoms with van der Waals surface area (Å²) in [5.41, 5.74) is 2.71. The molecule has 0 radical (unpaired) electrons. The van der Waals surface area contributed by atoms with E-state index >= 15 is 0 Å². The Morgan fingerprint density at radius 3 is 2.37 bits per heavy atom. The van der Waals surface area contributed by atoms with Crippen molar-refractivity contribution in [3.05, 3.63) is 52.3 Å². The summed E-state index contributed by atoms with van der Waals surface area (Å²) in [6.07, 6.45) is 1.61. The maximum Gasteiger partial charge on any atom is 0.237 e. The Bertz CT molecular complexity index is 710. The lowest BCUT2D eigenvalue weighted by atomic mass is 10.1. The van der Waals surface area contributed by atoms with Crippen LogP contribution in [0.1, 0.15) is 28.0 Å². The summed E-state index contributed by atoms with van der Waals surface area (Å²) in [5, 5.41) is 17.8. The zero-order valence-electron chi connectivity index (χ0n) is 10.6. The van der Waals surface area contributed by atoms with Crippen LogP contribution in [0.2, 0.25) is 0 Å². The highest BCUT2D eigenvalue weighted by molar-refractivity contribution is 5.82. The van der Waals surface area contributed by atoms with Crippen molar-refractivity contribution < 1.29 is 4.42 Å². The minimum atomic E-state index is 0.321. The SMILES string of the molecule is Cc1oc(N=Cc2ccc(C#N)cc2)c(C#N)c1C. The predicted octanol–water partition coefficient (Wildman–Crippen LogP) is 3.39. The maximum atomic E-state index is 9.06. The minimum Gasteiger partial charge on any atom is -0.442 e. The van der Waals surface area contributed by atoms with Gasteiger partial charge in [0.2, 0.25) is 5.88 Å². The van der Waals surface area contributed by atoms with Gasteiger partial charge in [-0.15, -0.1) is 0 Å². The first kappa shape index (κ1) is 12.6. The van der Waals surface area contributed by atoms with Crippen molar-refractivity contribution in [1.29, 1.82) is 10.5 Å². The number of rotatable bonds is 2. The van der Waals surface area contributed by atoms with Crippen LogP contribution in [0, 0.1) is 36.5 Å². The molecule has 0 saturated carbocycles. The molecule has 4 heteroatoms. The fourth-order valence-corrected chi connectivity index (χ4v) is 1.61. The van der Waals surface area contributed by atoms with Gasteiger partial charge < -0.3 is 4.42 Å². The van der Waals surface area contributed by atoms with Crippen LogP contribution < -0.4 is 0 Å². The van der Waals surface area contributed by atoms with E-state index in [1.165, 1.54) is 0 Å². The smallest absolute Gasteiger partial charge is 0.237 e. The van der Waals surface area contributed by atoms with Gasteiger partial charge in [0.05, 0.1) is 11.6 Å². The number of furan rings is 1. The average Bonchev–Trinajstić information content (AvgIpc) is 2.72. The lowest BCUT2D eigenvalue weighted by molar-refractivity contribution is 0.542. The highest BCUT2D eigenvalue weighted by Crippen LogP contribution is 2.27. The first-order chi connectivity index (χ1) is 9.15. The van der Waals surface area contributed by atoms with Gasteiger partial charge >= 0.3 is 0 Å². The third-order valence-electron chi connectivity index (χ3n) is 2.85. The van der Waals surface area contributed by atoms with Crippen molar-refractivity contribution in [2.24, 2.45) is 4.99 Å². The van der Waals surface area contributed by atoms with Crippen molar-refractivity contribution in [3.8, 4) is 12.1 Å². The Morgan fingerprint density at radius 2 is 1.79 bits per heavy atom. The molecule has 0 bridgehead atoms. The monoisotopic (exact) mass is 249 g/mol. The molecule has 0 aliphatic heterocycles. The molecule has 92 valence electrons. The van der Waals surface area contributed by atoms with E-state index in [1.54, 1.807) is 37.4 Å². The van der Waals surface area contributed by atoms with Crippen LogP contribution in [0.3, 0.4) is 0 Å². The highest BCUT2D eigenvalue weighted by Gasteiger charge is 2.12. The first-order valence-electron chi connectivity index (χ1n) is 5.70. The molecule has 0 unspecified atom stereocenters. The summed E-state index contributed by atoms with van der Waals surface area (Å²) in [7, 11) is 0. The van der Waals surface area contributed by atoms with Gasteiger partial charge in [0.25, 0.3) is 0 Å². The van der Waals surface area contributed by atoms with Gasteiger partial charge in [-0.2, -0.15) is 10.5 Å². The van der Waals surface area contributed by atoms with Crippen molar-refractivity contribution in [1.82, 2.24) is 0 Å². The van der Waals surface area contributed by atoms with Gasteiger partial charge in [0, 0.05) is 11.8 Å². The molecule has 19 heavy (non-hydrogen) atoms. The third-order valence-corrected chi connectivity index (χ3v) is 2.85. The van der Waals surface area contributed by atoms with E-state index in [1.807, 2.05) is 6.92 Å². The summed E-state index contributed by atoms with van der Waals surface area (Å²) in [6.45, 7) is 3.63. The van der Waals surface area contributed by atoms with E-state index in [0.717, 1.165) is 11.1 Å². The van der Waals surface area contributed by atoms with Gasteiger partial charge in [-0.1, -0.05) is 12.1 Å². The number of aryl methyl sites for hydroxylation is 1. The Labute approximate surface area is 111 Å². The Morgan fingerprint density at radius 1 is 1.11 bits per heavy atom. The normalized spacial score (nSPS) is 10.3. The van der Waals surface area contributed by atoms with E-state index in [2.05, 4.69) is 17.1 Å². The van der Waals surface area contributed by atoms with E-state index in [4.69, 9.17) is 14.9 Å². The van der Waals surface area contributed by atoms with Gasteiger partial charge in [0.15, 0.2) is 0 Å². The quantitative estimate of drug-likeness (QED) is 0.765. The standard InChI is InChI=1S/C15H11N3O/c1-10-11(2)19-15(14(10)8-17)18-9-13-5-3-12(7-16)4-6-13/h3-6,9H,1-2H3. The molecule has 1 aromatic heterocycles. The number of hydrogen-bond acceptors (Lipinski definition) is 4. The third kappa shape index (κ3) is 2.53. The Balaban J connectivity index is 2.30. The number of nitrogens with zero attached hydrogens (tertiary/aromatic N) is 3. The van der Waals surface area contributed by atoms with Crippen molar-refractivity contribution in [2.75, 3.05) is 0 Å². The zero-order valence-corrected chi connectivity index (χ0v) is 10.6. The van der Waals surface area contributed by atoms with Crippen LogP contribution in [-0.2, 0) is 0 Å². The second-order valence-corrected chi connectivity index (χ2v) is 4.07. The van der Waals surface area contributed by atoms with E-state index in [-0.39, 0.29) is 0 Å². The van der Waals surface area contributed by atoms with Crippen molar-refractivity contribution >= 4 is 12.1 Å². The molecule has 2 aromatic rings. The average molecular weight is 249 g/mol. The molecule has 0 N–H and O–H groups in total. The number of benzene rings is 1. The molecule has 4 nitrogen and oxygen atoms in total. The molecule has 0 fully saturated rings. The molecule has 2 rings (SSSR count). The molecule has 0 atom stereocenters. The summed E-state index contributed by atoms with van der Waals surface area (Å²) >= 11 is 0. The summed E-state index contributed by atoms with van der Waals surface area (Å²) in [6, 6.07) is 11.1. The highest BCUT2D eigenvalue weighted by atomic mass is 16.4. The van der Waals surface area contributed by atoms with Crippen LogP contribution in [0.5, 0.6) is 0 Å². The number of nitriles is 2. The lowest BCUT2D eigenvalue weighted by Crippen LogP contribution is -1.81. The molecule has 0 aliphatic rings. The first-order valence-corrected chi connectivity index (χ1v) is 5.70. The molecular formula is C15H11N3O. The number of aliphatic imine (C=N–C) groups is 1. The molecule has 1 heterocycles. The van der Waals surface area contributed by atoms with Crippen LogP contribution >= 0.6 is 0 Å². The van der Waals surface area contributed by atoms with E-state index < -0.39 is 0 Å². The maximum absolute atomic E-state index is 9.06. The van der Waals surface area contributed by atoms with Gasteiger partial charge in [-0.3, -0.25) is 0 Å². The molecule has 0 saturated heterocycles. The fraction of sp³-hybridized carbons (Fsp3) is 0.133. The molecule has 0 aliphatic carbocycles. The Hall–Kier alpha value is -2.85.